The lowest BCUT2D eigenvalue weighted by Crippen LogP contribution is -2.23. The summed E-state index contributed by atoms with van der Waals surface area (Å²) in [5.41, 5.74) is 2.17. The third kappa shape index (κ3) is 6.55. The number of carboxylic acid groups (broad SMARTS) is 1. The number of hydrogen-bond acceptors (Lipinski definition) is 3. The highest BCUT2D eigenvalue weighted by Crippen LogP contribution is 2.48. The largest absolute Gasteiger partial charge is 0.478 e. The smallest absolute Gasteiger partial charge is 0.335 e. The number of aliphatic hydroxyl groups excluding tert-OH is 1. The van der Waals surface area contributed by atoms with Gasteiger partial charge < -0.3 is 15.3 Å². The Morgan fingerprint density at radius 2 is 1.94 bits per heavy atom. The van der Waals surface area contributed by atoms with Crippen LogP contribution in [-0.2, 0) is 6.42 Å². The van der Waals surface area contributed by atoms with Gasteiger partial charge in [0.1, 0.15) is 0 Å². The maximum atomic E-state index is 11.4. The van der Waals surface area contributed by atoms with E-state index in [1.165, 1.54) is 5.57 Å². The van der Waals surface area contributed by atoms with Crippen LogP contribution in [0.1, 0.15) is 87.6 Å². The van der Waals surface area contributed by atoms with Gasteiger partial charge in [-0.1, -0.05) is 61.8 Å². The van der Waals surface area contributed by atoms with E-state index in [0.29, 0.717) is 23.8 Å². The number of aryl methyl sites for hydroxylation is 1. The topological polar surface area (TPSA) is 77.8 Å². The fraction of sp³-hybridized carbons (Fsp3) is 0.607. The molecule has 0 bridgehead atoms. The molecule has 32 heavy (non-hydrogen) atoms. The zero-order chi connectivity index (χ0) is 23.1. The molecule has 1 saturated carbocycles. The van der Waals surface area contributed by atoms with Crippen molar-refractivity contribution in [3.63, 3.8) is 0 Å². The van der Waals surface area contributed by atoms with Gasteiger partial charge in [0.2, 0.25) is 0 Å². The minimum atomic E-state index is -0.851. The molecule has 3 rings (SSSR count). The fourth-order valence-corrected chi connectivity index (χ4v) is 5.54. The first-order valence-electron chi connectivity index (χ1n) is 12.4. The van der Waals surface area contributed by atoms with Crippen molar-refractivity contribution in [3.8, 4) is 0 Å². The van der Waals surface area contributed by atoms with E-state index >= 15 is 0 Å². The molecule has 1 aromatic rings. The Hall–Kier alpha value is -1.91. The van der Waals surface area contributed by atoms with E-state index in [9.17, 15) is 20.1 Å². The Morgan fingerprint density at radius 1 is 1.19 bits per heavy atom. The Morgan fingerprint density at radius 3 is 2.69 bits per heavy atom. The molecular weight excluding hydrogens is 400 g/mol. The fourth-order valence-electron chi connectivity index (χ4n) is 5.54. The van der Waals surface area contributed by atoms with E-state index in [0.717, 1.165) is 63.4 Å². The summed E-state index contributed by atoms with van der Waals surface area (Å²) in [5.74, 6) is 0.266. The van der Waals surface area contributed by atoms with E-state index < -0.39 is 11.6 Å². The van der Waals surface area contributed by atoms with Crippen molar-refractivity contribution in [1.29, 1.82) is 0 Å². The molecule has 0 aromatic heterocycles. The molecule has 0 unspecified atom stereocenters. The molecule has 1 aromatic carbocycles. The molecule has 0 heterocycles. The average molecular weight is 441 g/mol. The van der Waals surface area contributed by atoms with Gasteiger partial charge in [-0.15, -0.1) is 0 Å². The van der Waals surface area contributed by atoms with Crippen molar-refractivity contribution in [1.82, 2.24) is 0 Å². The van der Waals surface area contributed by atoms with Crippen molar-refractivity contribution in [2.75, 3.05) is 0 Å². The number of unbranched alkanes of at least 4 members (excludes halogenated alkanes) is 2. The van der Waals surface area contributed by atoms with Gasteiger partial charge >= 0.3 is 5.97 Å². The second-order valence-electron chi connectivity index (χ2n) is 10.1. The Bertz CT molecular complexity index is 822. The minimum Gasteiger partial charge on any atom is -0.478 e. The van der Waals surface area contributed by atoms with Crippen LogP contribution < -0.4 is 0 Å². The van der Waals surface area contributed by atoms with Gasteiger partial charge in [0.25, 0.3) is 0 Å². The molecule has 176 valence electrons. The van der Waals surface area contributed by atoms with E-state index in [4.69, 9.17) is 0 Å². The summed E-state index contributed by atoms with van der Waals surface area (Å²) < 4.78 is 0. The first-order valence-corrected chi connectivity index (χ1v) is 12.4. The van der Waals surface area contributed by atoms with Crippen LogP contribution in [0.2, 0.25) is 0 Å². The molecule has 5 atom stereocenters. The lowest BCUT2D eigenvalue weighted by atomic mass is 9.87. The average Bonchev–Trinajstić information content (AvgIpc) is 3.27. The number of carboxylic acids is 1. The second-order valence-corrected chi connectivity index (χ2v) is 10.1. The standard InChI is InChI=1S/C28H40O4/c1-3-4-15-28(2,32)16-9-14-24-25-18-20(17-22(25)19-26(24)29)10-5-6-11-21-12-7-8-13-23(21)27(30)31/h7-9,12-14,17,22,24-26,29,32H,3-6,10-11,15-16,18-19H2,1-2H3,(H,30,31)/b14-9+/t22-,24-,25-,26+,28-/m0/s1. The van der Waals surface area contributed by atoms with Crippen LogP contribution in [0.3, 0.4) is 0 Å². The van der Waals surface area contributed by atoms with Gasteiger partial charge in [0.05, 0.1) is 17.3 Å². The Labute approximate surface area is 193 Å². The SMILES string of the molecule is CCCC[C@](C)(O)C/C=C/[C@H]1[C@H]2CC(CCCCc3ccccc3C(=O)O)=C[C@H]2C[C@H]1O. The molecule has 0 radical (unpaired) electrons. The van der Waals surface area contributed by atoms with Crippen molar-refractivity contribution in [2.45, 2.75) is 89.8 Å². The molecule has 3 N–H and O–H groups in total. The van der Waals surface area contributed by atoms with Gasteiger partial charge in [-0.05, 0) is 81.8 Å². The number of benzene rings is 1. The summed E-state index contributed by atoms with van der Waals surface area (Å²) in [7, 11) is 0. The van der Waals surface area contributed by atoms with Crippen molar-refractivity contribution >= 4 is 5.97 Å². The number of rotatable bonds is 12. The minimum absolute atomic E-state index is 0.179. The maximum Gasteiger partial charge on any atom is 0.335 e. The number of allylic oxidation sites excluding steroid dienone is 2. The summed E-state index contributed by atoms with van der Waals surface area (Å²) in [5, 5.41) is 30.4. The van der Waals surface area contributed by atoms with Gasteiger partial charge in [-0.2, -0.15) is 0 Å². The zero-order valence-corrected chi connectivity index (χ0v) is 19.7. The van der Waals surface area contributed by atoms with Gasteiger partial charge in [-0.3, -0.25) is 0 Å². The number of aromatic carboxylic acids is 1. The van der Waals surface area contributed by atoms with Crippen molar-refractivity contribution in [3.05, 3.63) is 59.2 Å². The molecule has 2 aliphatic carbocycles. The summed E-state index contributed by atoms with van der Waals surface area (Å²) >= 11 is 0. The van der Waals surface area contributed by atoms with Crippen LogP contribution in [0.5, 0.6) is 0 Å². The predicted octanol–water partition coefficient (Wildman–Crippen LogP) is 5.93. The summed E-state index contributed by atoms with van der Waals surface area (Å²) in [4.78, 5) is 11.4. The Balaban J connectivity index is 1.46. The van der Waals surface area contributed by atoms with Crippen LogP contribution in [0.4, 0.5) is 0 Å². The second kappa shape index (κ2) is 11.3. The van der Waals surface area contributed by atoms with Crippen molar-refractivity contribution in [2.24, 2.45) is 17.8 Å². The summed E-state index contributed by atoms with van der Waals surface area (Å²) in [6.07, 6.45) is 15.7. The predicted molar refractivity (Wildman–Crippen MR) is 129 cm³/mol. The molecule has 1 fully saturated rings. The number of fused-ring (bicyclic) bond motifs is 1. The van der Waals surface area contributed by atoms with E-state index in [1.807, 2.05) is 19.1 Å². The maximum absolute atomic E-state index is 11.4. The molecule has 2 aliphatic rings. The summed E-state index contributed by atoms with van der Waals surface area (Å²) in [6, 6.07) is 7.28. The molecular formula is C28H40O4. The highest BCUT2D eigenvalue weighted by Gasteiger charge is 2.43. The number of carbonyl (C=O) groups is 1. The lowest BCUT2D eigenvalue weighted by molar-refractivity contribution is 0.0513. The number of hydrogen-bond donors (Lipinski definition) is 3. The van der Waals surface area contributed by atoms with Gasteiger partial charge in [-0.25, -0.2) is 4.79 Å². The third-order valence-electron chi connectivity index (χ3n) is 7.38. The molecule has 0 saturated heterocycles. The zero-order valence-electron chi connectivity index (χ0n) is 19.7. The van der Waals surface area contributed by atoms with Crippen LogP contribution in [0.15, 0.2) is 48.1 Å². The summed E-state index contributed by atoms with van der Waals surface area (Å²) in [6.45, 7) is 4.05. The monoisotopic (exact) mass is 440 g/mol. The molecule has 4 heteroatoms. The molecule has 4 nitrogen and oxygen atoms in total. The molecule has 0 amide bonds. The van der Waals surface area contributed by atoms with Gasteiger partial charge in [0, 0.05) is 5.92 Å². The van der Waals surface area contributed by atoms with Crippen LogP contribution >= 0.6 is 0 Å². The Kier molecular flexibility index (Phi) is 8.72. The third-order valence-corrected chi connectivity index (χ3v) is 7.38. The first kappa shape index (κ1) is 24.7. The van der Waals surface area contributed by atoms with Crippen LogP contribution in [0, 0.1) is 17.8 Å². The highest BCUT2D eigenvalue weighted by atomic mass is 16.4. The lowest BCUT2D eigenvalue weighted by Gasteiger charge is -2.22. The van der Waals surface area contributed by atoms with Crippen LogP contribution in [-0.4, -0.2) is 33.0 Å². The van der Waals surface area contributed by atoms with E-state index in [1.54, 1.807) is 12.1 Å². The number of aliphatic hydroxyl groups is 2. The normalized spacial score (nSPS) is 26.8. The molecule has 0 aliphatic heterocycles. The quantitative estimate of drug-likeness (QED) is 0.278. The molecule has 0 spiro atoms. The van der Waals surface area contributed by atoms with E-state index in [-0.39, 0.29) is 12.0 Å². The van der Waals surface area contributed by atoms with E-state index in [2.05, 4.69) is 25.2 Å². The van der Waals surface area contributed by atoms with Crippen LogP contribution in [0.25, 0.3) is 0 Å². The first-order chi connectivity index (χ1) is 15.3. The highest BCUT2D eigenvalue weighted by molar-refractivity contribution is 5.89. The van der Waals surface area contributed by atoms with Crippen molar-refractivity contribution < 1.29 is 20.1 Å². The van der Waals surface area contributed by atoms with Gasteiger partial charge in [0.15, 0.2) is 0 Å².